The Morgan fingerprint density at radius 1 is 1.40 bits per heavy atom. The van der Waals surface area contributed by atoms with Crippen LogP contribution in [0.4, 0.5) is 5.69 Å². The number of aromatic nitrogens is 1. The van der Waals surface area contributed by atoms with Crippen LogP contribution in [-0.4, -0.2) is 22.8 Å². The second-order valence-electron chi connectivity index (χ2n) is 4.80. The van der Waals surface area contributed by atoms with Crippen molar-refractivity contribution in [2.45, 2.75) is 6.54 Å². The van der Waals surface area contributed by atoms with Gasteiger partial charge in [0.1, 0.15) is 0 Å². The molecule has 0 fully saturated rings. The van der Waals surface area contributed by atoms with Gasteiger partial charge in [-0.15, -0.1) is 0 Å². The van der Waals surface area contributed by atoms with Gasteiger partial charge in [-0.2, -0.15) is 11.3 Å². The van der Waals surface area contributed by atoms with E-state index in [1.54, 1.807) is 22.4 Å². The van der Waals surface area contributed by atoms with E-state index in [0.29, 0.717) is 17.8 Å². The van der Waals surface area contributed by atoms with Crippen LogP contribution in [0.1, 0.15) is 15.9 Å². The van der Waals surface area contributed by atoms with Crippen molar-refractivity contribution in [1.82, 2.24) is 9.88 Å². The topological polar surface area (TPSA) is 62.1 Å². The third-order valence-electron chi connectivity index (χ3n) is 3.28. The van der Waals surface area contributed by atoms with Crippen molar-refractivity contribution < 1.29 is 4.79 Å². The van der Waals surface area contributed by atoms with Crippen LogP contribution in [0.3, 0.4) is 0 Å². The summed E-state index contributed by atoms with van der Waals surface area (Å²) < 4.78 is 0. The summed E-state index contributed by atoms with van der Waals surface area (Å²) in [6.07, 6.45) is 1.75. The van der Waals surface area contributed by atoms with Crippen molar-refractivity contribution in [1.29, 1.82) is 0 Å². The number of nitrogens with one attached hydrogen (secondary N) is 1. The number of rotatable bonds is 3. The fourth-order valence-corrected chi connectivity index (χ4v) is 2.91. The number of nitrogens with zero attached hydrogens (tertiary/aromatic N) is 1. The van der Waals surface area contributed by atoms with E-state index in [9.17, 15) is 4.79 Å². The highest BCUT2D eigenvalue weighted by Gasteiger charge is 2.16. The molecule has 0 saturated heterocycles. The molecular weight excluding hydrogens is 270 g/mol. The molecule has 0 aliphatic heterocycles. The number of anilines is 1. The van der Waals surface area contributed by atoms with Crippen molar-refractivity contribution in [2.24, 2.45) is 0 Å². The molecule has 0 atom stereocenters. The lowest BCUT2D eigenvalue weighted by Crippen LogP contribution is -2.25. The van der Waals surface area contributed by atoms with Crippen LogP contribution in [-0.2, 0) is 6.54 Å². The van der Waals surface area contributed by atoms with Gasteiger partial charge >= 0.3 is 0 Å². The number of nitrogens with two attached hydrogens (primary N) is 1. The first kappa shape index (κ1) is 12.7. The highest BCUT2D eigenvalue weighted by atomic mass is 32.1. The molecule has 0 aliphatic rings. The molecule has 3 aromatic rings. The quantitative estimate of drug-likeness (QED) is 0.726. The van der Waals surface area contributed by atoms with Crippen molar-refractivity contribution in [3.63, 3.8) is 0 Å². The van der Waals surface area contributed by atoms with E-state index >= 15 is 0 Å². The molecule has 2 aromatic heterocycles. The summed E-state index contributed by atoms with van der Waals surface area (Å²) in [6, 6.07) is 7.56. The molecule has 1 aromatic carbocycles. The highest BCUT2D eigenvalue weighted by molar-refractivity contribution is 7.07. The summed E-state index contributed by atoms with van der Waals surface area (Å²) in [5, 5.41) is 4.98. The van der Waals surface area contributed by atoms with Gasteiger partial charge in [-0.05, 0) is 40.6 Å². The predicted molar refractivity (Wildman–Crippen MR) is 82.8 cm³/mol. The molecule has 1 amide bonds. The number of nitrogen functional groups attached to an aromatic ring is 1. The summed E-state index contributed by atoms with van der Waals surface area (Å²) in [7, 11) is 1.82. The van der Waals surface area contributed by atoms with Crippen LogP contribution in [0.15, 0.2) is 41.2 Å². The molecule has 3 rings (SSSR count). The first-order valence-electron chi connectivity index (χ1n) is 6.28. The SMILES string of the molecule is CN(Cc1ccsc1)C(=O)c1c[nH]c2cc(N)ccc12. The average molecular weight is 285 g/mol. The number of H-pyrrole nitrogens is 1. The minimum atomic E-state index is 0.00669. The monoisotopic (exact) mass is 285 g/mol. The summed E-state index contributed by atoms with van der Waals surface area (Å²) in [5.74, 6) is 0.00669. The number of fused-ring (bicyclic) bond motifs is 1. The Morgan fingerprint density at radius 3 is 3.00 bits per heavy atom. The van der Waals surface area contributed by atoms with Crippen LogP contribution in [0.5, 0.6) is 0 Å². The van der Waals surface area contributed by atoms with Gasteiger partial charge in [-0.3, -0.25) is 4.79 Å². The predicted octanol–water partition coefficient (Wildman–Crippen LogP) is 3.08. The van der Waals surface area contributed by atoms with Crippen LogP contribution in [0, 0.1) is 0 Å². The van der Waals surface area contributed by atoms with Gasteiger partial charge in [-0.25, -0.2) is 0 Å². The van der Waals surface area contributed by atoms with E-state index < -0.39 is 0 Å². The molecule has 20 heavy (non-hydrogen) atoms. The van der Waals surface area contributed by atoms with E-state index in [4.69, 9.17) is 5.73 Å². The summed E-state index contributed by atoms with van der Waals surface area (Å²) >= 11 is 1.64. The Hall–Kier alpha value is -2.27. The molecule has 0 radical (unpaired) electrons. The number of carbonyl (C=O) groups is 1. The van der Waals surface area contributed by atoms with Gasteiger partial charge in [-0.1, -0.05) is 0 Å². The van der Waals surface area contributed by atoms with Gasteiger partial charge in [0.05, 0.1) is 5.56 Å². The smallest absolute Gasteiger partial charge is 0.256 e. The van der Waals surface area contributed by atoms with E-state index in [1.165, 1.54) is 0 Å². The van der Waals surface area contributed by atoms with Crippen LogP contribution in [0.2, 0.25) is 0 Å². The third kappa shape index (κ3) is 2.28. The number of hydrogen-bond donors (Lipinski definition) is 2. The van der Waals surface area contributed by atoms with Gasteiger partial charge < -0.3 is 15.6 Å². The van der Waals surface area contributed by atoms with E-state index in [-0.39, 0.29) is 5.91 Å². The highest BCUT2D eigenvalue weighted by Crippen LogP contribution is 2.22. The first-order chi connectivity index (χ1) is 9.65. The average Bonchev–Trinajstić information content (AvgIpc) is 3.06. The molecular formula is C15H15N3OS. The lowest BCUT2D eigenvalue weighted by atomic mass is 10.1. The van der Waals surface area contributed by atoms with E-state index in [0.717, 1.165) is 16.5 Å². The maximum absolute atomic E-state index is 12.5. The Labute approximate surface area is 120 Å². The zero-order chi connectivity index (χ0) is 14.1. The molecule has 0 bridgehead atoms. The minimum Gasteiger partial charge on any atom is -0.399 e. The van der Waals surface area contributed by atoms with Crippen molar-refractivity contribution >= 4 is 33.8 Å². The number of thiophene rings is 1. The maximum atomic E-state index is 12.5. The van der Waals surface area contributed by atoms with Crippen molar-refractivity contribution in [3.05, 3.63) is 52.3 Å². The molecule has 102 valence electrons. The Bertz CT molecular complexity index is 746. The van der Waals surface area contributed by atoms with Crippen molar-refractivity contribution in [2.75, 3.05) is 12.8 Å². The van der Waals surface area contributed by atoms with E-state index in [1.807, 2.05) is 36.7 Å². The Balaban J connectivity index is 1.88. The number of hydrogen-bond acceptors (Lipinski definition) is 3. The fraction of sp³-hybridized carbons (Fsp3) is 0.133. The molecule has 3 N–H and O–H groups in total. The second-order valence-corrected chi connectivity index (χ2v) is 5.58. The summed E-state index contributed by atoms with van der Waals surface area (Å²) in [6.45, 7) is 0.615. The van der Waals surface area contributed by atoms with Gasteiger partial charge in [0.25, 0.3) is 5.91 Å². The fourth-order valence-electron chi connectivity index (χ4n) is 2.25. The third-order valence-corrected chi connectivity index (χ3v) is 4.01. The second kappa shape index (κ2) is 5.02. The molecule has 4 nitrogen and oxygen atoms in total. The zero-order valence-electron chi connectivity index (χ0n) is 11.1. The number of aromatic amines is 1. The largest absolute Gasteiger partial charge is 0.399 e. The number of carbonyl (C=O) groups excluding carboxylic acids is 1. The lowest BCUT2D eigenvalue weighted by Gasteiger charge is -2.16. The lowest BCUT2D eigenvalue weighted by molar-refractivity contribution is 0.0787. The van der Waals surface area contributed by atoms with Gasteiger partial charge in [0.2, 0.25) is 0 Å². The molecule has 0 unspecified atom stereocenters. The van der Waals surface area contributed by atoms with Gasteiger partial charge in [0.15, 0.2) is 0 Å². The summed E-state index contributed by atoms with van der Waals surface area (Å²) in [5.41, 5.74) is 9.14. The van der Waals surface area contributed by atoms with Crippen LogP contribution < -0.4 is 5.73 Å². The standard InChI is InChI=1S/C15H15N3OS/c1-18(8-10-4-5-20-9-10)15(19)13-7-17-14-6-11(16)2-3-12(13)14/h2-7,9,17H,8,16H2,1H3. The molecule has 5 heteroatoms. The molecule has 2 heterocycles. The molecule has 0 aliphatic carbocycles. The van der Waals surface area contributed by atoms with Crippen LogP contribution >= 0.6 is 11.3 Å². The Kier molecular flexibility index (Phi) is 3.20. The Morgan fingerprint density at radius 2 is 2.25 bits per heavy atom. The first-order valence-corrected chi connectivity index (χ1v) is 7.22. The molecule has 0 saturated carbocycles. The summed E-state index contributed by atoms with van der Waals surface area (Å²) in [4.78, 5) is 17.3. The van der Waals surface area contributed by atoms with E-state index in [2.05, 4.69) is 10.4 Å². The number of amides is 1. The number of benzene rings is 1. The zero-order valence-corrected chi connectivity index (χ0v) is 11.9. The maximum Gasteiger partial charge on any atom is 0.256 e. The molecule has 0 spiro atoms. The van der Waals surface area contributed by atoms with Gasteiger partial charge in [0, 0.05) is 36.4 Å². The van der Waals surface area contributed by atoms with Crippen LogP contribution in [0.25, 0.3) is 10.9 Å². The minimum absolute atomic E-state index is 0.00669. The normalized spacial score (nSPS) is 10.8. The van der Waals surface area contributed by atoms with Crippen molar-refractivity contribution in [3.8, 4) is 0 Å².